The van der Waals surface area contributed by atoms with E-state index in [1.807, 2.05) is 0 Å². The van der Waals surface area contributed by atoms with Gasteiger partial charge >= 0.3 is 0 Å². The van der Waals surface area contributed by atoms with Crippen molar-refractivity contribution in [1.29, 1.82) is 0 Å². The molecule has 0 spiro atoms. The Morgan fingerprint density at radius 3 is 2.95 bits per heavy atom. The molecule has 0 saturated heterocycles. The molecule has 22 heavy (non-hydrogen) atoms. The molecule has 2 N–H and O–H groups in total. The highest BCUT2D eigenvalue weighted by molar-refractivity contribution is 6.10. The fourth-order valence-corrected chi connectivity index (χ4v) is 2.35. The molecule has 1 heterocycles. The van der Waals surface area contributed by atoms with E-state index in [1.165, 1.54) is 0 Å². The van der Waals surface area contributed by atoms with E-state index >= 15 is 0 Å². The lowest BCUT2D eigenvalue weighted by molar-refractivity contribution is -0.120. The standard InChI is InChI=1S/C16H21N3O3/c1-10(2)7-12-9-14(20)18-16(17-12)19-15(21)11-5-4-6-13(8-11)22-3/h4-6,8,10,12H,7,9H2,1-3H3,(H2,17,18,19,20,21). The van der Waals surface area contributed by atoms with Gasteiger partial charge in [-0.15, -0.1) is 0 Å². The van der Waals surface area contributed by atoms with E-state index < -0.39 is 0 Å². The van der Waals surface area contributed by atoms with Gasteiger partial charge in [0.05, 0.1) is 13.2 Å². The third-order valence-electron chi connectivity index (χ3n) is 3.30. The normalized spacial score (nSPS) is 17.7. The number of aliphatic imine (C=N–C) groups is 1. The van der Waals surface area contributed by atoms with Crippen LogP contribution in [0, 0.1) is 5.92 Å². The van der Waals surface area contributed by atoms with Gasteiger partial charge in [0.15, 0.2) is 0 Å². The second-order valence-electron chi connectivity index (χ2n) is 5.70. The molecule has 2 rings (SSSR count). The van der Waals surface area contributed by atoms with Crippen LogP contribution in [0.1, 0.15) is 37.0 Å². The van der Waals surface area contributed by atoms with E-state index in [9.17, 15) is 9.59 Å². The van der Waals surface area contributed by atoms with Crippen molar-refractivity contribution in [3.05, 3.63) is 29.8 Å². The van der Waals surface area contributed by atoms with Crippen LogP contribution >= 0.6 is 0 Å². The maximum atomic E-state index is 12.2. The van der Waals surface area contributed by atoms with E-state index in [0.29, 0.717) is 23.7 Å². The van der Waals surface area contributed by atoms with Crippen molar-refractivity contribution < 1.29 is 14.3 Å². The van der Waals surface area contributed by atoms with Gasteiger partial charge in [-0.3, -0.25) is 20.2 Å². The summed E-state index contributed by atoms with van der Waals surface area (Å²) in [6.07, 6.45) is 1.17. The minimum atomic E-state index is -0.330. The molecule has 2 amide bonds. The first kappa shape index (κ1) is 16.0. The van der Waals surface area contributed by atoms with Gasteiger partial charge in [0.25, 0.3) is 5.91 Å². The van der Waals surface area contributed by atoms with Crippen molar-refractivity contribution in [1.82, 2.24) is 10.6 Å². The number of nitrogens with one attached hydrogen (secondary N) is 2. The van der Waals surface area contributed by atoms with Gasteiger partial charge in [-0.05, 0) is 30.5 Å². The monoisotopic (exact) mass is 303 g/mol. The zero-order valence-corrected chi connectivity index (χ0v) is 13.1. The first-order chi connectivity index (χ1) is 10.5. The van der Waals surface area contributed by atoms with Crippen molar-refractivity contribution in [3.63, 3.8) is 0 Å². The van der Waals surface area contributed by atoms with Crippen molar-refractivity contribution in [2.45, 2.75) is 32.7 Å². The molecule has 1 aliphatic heterocycles. The van der Waals surface area contributed by atoms with Crippen LogP contribution in [-0.4, -0.2) is 30.9 Å². The Hall–Kier alpha value is -2.37. The summed E-state index contributed by atoms with van der Waals surface area (Å²) >= 11 is 0. The number of carbonyl (C=O) groups is 2. The number of methoxy groups -OCH3 is 1. The number of nitrogens with zero attached hydrogens (tertiary/aromatic N) is 1. The van der Waals surface area contributed by atoms with Crippen molar-refractivity contribution in [2.24, 2.45) is 10.9 Å². The van der Waals surface area contributed by atoms with Crippen LogP contribution in [0.25, 0.3) is 0 Å². The van der Waals surface area contributed by atoms with Crippen molar-refractivity contribution >= 4 is 17.8 Å². The molecule has 1 aromatic carbocycles. The Balaban J connectivity index is 2.09. The predicted molar refractivity (Wildman–Crippen MR) is 83.9 cm³/mol. The number of rotatable bonds is 4. The Morgan fingerprint density at radius 2 is 2.27 bits per heavy atom. The summed E-state index contributed by atoms with van der Waals surface area (Å²) < 4.78 is 5.09. The maximum absolute atomic E-state index is 12.2. The highest BCUT2D eigenvalue weighted by atomic mass is 16.5. The van der Waals surface area contributed by atoms with E-state index in [2.05, 4.69) is 29.5 Å². The Kier molecular flexibility index (Phi) is 5.14. The summed E-state index contributed by atoms with van der Waals surface area (Å²) in [5.41, 5.74) is 0.447. The summed E-state index contributed by atoms with van der Waals surface area (Å²) in [6.45, 7) is 4.16. The van der Waals surface area contributed by atoms with E-state index in [1.54, 1.807) is 31.4 Å². The first-order valence-corrected chi connectivity index (χ1v) is 7.31. The molecular weight excluding hydrogens is 282 g/mol. The highest BCUT2D eigenvalue weighted by Crippen LogP contribution is 2.15. The topological polar surface area (TPSA) is 79.8 Å². The number of carbonyl (C=O) groups excluding carboxylic acids is 2. The summed E-state index contributed by atoms with van der Waals surface area (Å²) in [6, 6.07) is 6.71. The maximum Gasteiger partial charge on any atom is 0.258 e. The van der Waals surface area contributed by atoms with Crippen LogP contribution in [0.3, 0.4) is 0 Å². The van der Waals surface area contributed by atoms with Crippen molar-refractivity contribution in [2.75, 3.05) is 7.11 Å². The van der Waals surface area contributed by atoms with Crippen LogP contribution < -0.4 is 15.4 Å². The van der Waals surface area contributed by atoms with Crippen LogP contribution in [0.2, 0.25) is 0 Å². The average Bonchev–Trinajstić information content (AvgIpc) is 2.46. The van der Waals surface area contributed by atoms with Crippen LogP contribution in [-0.2, 0) is 4.79 Å². The lowest BCUT2D eigenvalue weighted by Crippen LogP contribution is -2.48. The molecular formula is C16H21N3O3. The number of benzene rings is 1. The molecule has 6 nitrogen and oxygen atoms in total. The largest absolute Gasteiger partial charge is 0.497 e. The zero-order chi connectivity index (χ0) is 16.1. The third-order valence-corrected chi connectivity index (χ3v) is 3.30. The first-order valence-electron chi connectivity index (χ1n) is 7.31. The van der Waals surface area contributed by atoms with Gasteiger partial charge in [0, 0.05) is 12.0 Å². The number of ether oxygens (including phenoxy) is 1. The van der Waals surface area contributed by atoms with E-state index in [4.69, 9.17) is 4.74 Å². The molecule has 1 aromatic rings. The quantitative estimate of drug-likeness (QED) is 0.888. The van der Waals surface area contributed by atoms with Gasteiger partial charge < -0.3 is 4.74 Å². The fourth-order valence-electron chi connectivity index (χ4n) is 2.35. The van der Waals surface area contributed by atoms with Crippen LogP contribution in [0.5, 0.6) is 5.75 Å². The van der Waals surface area contributed by atoms with E-state index in [-0.39, 0.29) is 23.8 Å². The lowest BCUT2D eigenvalue weighted by atomic mass is 10.0. The Bertz CT molecular complexity index is 596. The van der Waals surface area contributed by atoms with E-state index in [0.717, 1.165) is 6.42 Å². The van der Waals surface area contributed by atoms with Gasteiger partial charge in [-0.25, -0.2) is 4.99 Å². The zero-order valence-electron chi connectivity index (χ0n) is 13.1. The predicted octanol–water partition coefficient (Wildman–Crippen LogP) is 1.72. The van der Waals surface area contributed by atoms with Gasteiger partial charge in [0.2, 0.25) is 11.9 Å². The number of amides is 2. The minimum absolute atomic E-state index is 0.0886. The summed E-state index contributed by atoms with van der Waals surface area (Å²) in [7, 11) is 1.54. The molecule has 6 heteroatoms. The smallest absolute Gasteiger partial charge is 0.258 e. The number of hydrogen-bond acceptors (Lipinski definition) is 4. The molecule has 0 saturated carbocycles. The molecule has 1 unspecified atom stereocenters. The summed E-state index contributed by atoms with van der Waals surface area (Å²) in [5.74, 6) is 0.800. The number of guanidine groups is 1. The lowest BCUT2D eigenvalue weighted by Gasteiger charge is -2.22. The molecule has 0 aromatic heterocycles. The molecule has 1 aliphatic rings. The molecule has 0 aliphatic carbocycles. The average molecular weight is 303 g/mol. The molecule has 0 bridgehead atoms. The third kappa shape index (κ3) is 4.31. The fraction of sp³-hybridized carbons (Fsp3) is 0.438. The van der Waals surface area contributed by atoms with Gasteiger partial charge in [-0.1, -0.05) is 19.9 Å². The summed E-state index contributed by atoms with van der Waals surface area (Å²) in [5, 5.41) is 5.24. The minimum Gasteiger partial charge on any atom is -0.497 e. The summed E-state index contributed by atoms with van der Waals surface area (Å²) in [4.78, 5) is 28.3. The highest BCUT2D eigenvalue weighted by Gasteiger charge is 2.23. The molecule has 1 atom stereocenters. The second kappa shape index (κ2) is 7.06. The Morgan fingerprint density at radius 1 is 1.50 bits per heavy atom. The SMILES string of the molecule is COc1cccc(C(=O)NC2=NC(CC(C)C)CC(=O)N2)c1. The molecule has 0 radical (unpaired) electrons. The van der Waals surface area contributed by atoms with Crippen LogP contribution in [0.15, 0.2) is 29.3 Å². The molecule has 0 fully saturated rings. The van der Waals surface area contributed by atoms with Gasteiger partial charge in [0.1, 0.15) is 5.75 Å². The van der Waals surface area contributed by atoms with Gasteiger partial charge in [-0.2, -0.15) is 0 Å². The van der Waals surface area contributed by atoms with Crippen LogP contribution in [0.4, 0.5) is 0 Å². The van der Waals surface area contributed by atoms with Crippen molar-refractivity contribution in [3.8, 4) is 5.75 Å². The Labute approximate surface area is 130 Å². The number of hydrogen-bond donors (Lipinski definition) is 2. The molecule has 118 valence electrons. The second-order valence-corrected chi connectivity index (χ2v) is 5.70.